The molecule has 0 radical (unpaired) electrons. The molecule has 0 aliphatic heterocycles. The molecule has 4 N–H and O–H groups in total. The van der Waals surface area contributed by atoms with Gasteiger partial charge in [-0.05, 0) is 49.1 Å². The summed E-state index contributed by atoms with van der Waals surface area (Å²) < 4.78 is 5.71. The van der Waals surface area contributed by atoms with Crippen molar-refractivity contribution in [3.63, 3.8) is 0 Å². The molecule has 0 unspecified atom stereocenters. The number of urea groups is 1. The van der Waals surface area contributed by atoms with E-state index in [-0.39, 0.29) is 0 Å². The maximum absolute atomic E-state index is 10.8. The predicted octanol–water partition coefficient (Wildman–Crippen LogP) is 4.09. The number of ether oxygens (including phenoxy) is 1. The Kier molecular flexibility index (Phi) is 10.0. The topological polar surface area (TPSA) is 76.4 Å². The first-order valence-corrected chi connectivity index (χ1v) is 9.72. The molecule has 27 heavy (non-hydrogen) atoms. The number of nitrogens with two attached hydrogens (primary N) is 1. The first-order valence-electron chi connectivity index (χ1n) is 9.72. The number of benzene rings is 2. The van der Waals surface area contributed by atoms with Gasteiger partial charge in [0.15, 0.2) is 0 Å². The average Bonchev–Trinajstić information content (AvgIpc) is 2.68. The summed E-state index contributed by atoms with van der Waals surface area (Å²) in [6.07, 6.45) is 5.64. The van der Waals surface area contributed by atoms with Crippen molar-refractivity contribution >= 4 is 11.7 Å². The second-order valence-corrected chi connectivity index (χ2v) is 6.63. The molecule has 2 aromatic carbocycles. The number of rotatable bonds is 13. The normalized spacial score (nSPS) is 10.7. The molecular formula is C22H31N3O2. The number of amides is 2. The Balaban J connectivity index is 1.40. The van der Waals surface area contributed by atoms with Crippen molar-refractivity contribution in [1.82, 2.24) is 5.32 Å². The molecule has 0 saturated carbocycles. The van der Waals surface area contributed by atoms with E-state index in [1.165, 1.54) is 30.4 Å². The molecule has 0 aromatic heterocycles. The van der Waals surface area contributed by atoms with E-state index in [1.807, 2.05) is 30.3 Å². The van der Waals surface area contributed by atoms with Crippen LogP contribution in [-0.4, -0.2) is 25.8 Å². The van der Waals surface area contributed by atoms with Crippen LogP contribution in [0.3, 0.4) is 0 Å². The minimum atomic E-state index is -0.543. The van der Waals surface area contributed by atoms with E-state index < -0.39 is 6.03 Å². The Labute approximate surface area is 162 Å². The molecule has 0 heterocycles. The van der Waals surface area contributed by atoms with Crippen LogP contribution in [0.15, 0.2) is 54.6 Å². The molecule has 0 fully saturated rings. The van der Waals surface area contributed by atoms with Crippen LogP contribution >= 0.6 is 0 Å². The highest BCUT2D eigenvalue weighted by Crippen LogP contribution is 2.10. The monoisotopic (exact) mass is 369 g/mol. The third-order valence-electron chi connectivity index (χ3n) is 4.32. The molecule has 0 spiro atoms. The number of carbonyl (C=O) groups is 1. The lowest BCUT2D eigenvalue weighted by molar-refractivity contribution is 0.133. The van der Waals surface area contributed by atoms with Gasteiger partial charge in [0.2, 0.25) is 0 Å². The van der Waals surface area contributed by atoms with Crippen LogP contribution in [0.4, 0.5) is 10.5 Å². The van der Waals surface area contributed by atoms with Crippen molar-refractivity contribution in [2.75, 3.05) is 25.1 Å². The number of unbranched alkanes of at least 4 members (excludes halogenated alkanes) is 3. The summed E-state index contributed by atoms with van der Waals surface area (Å²) in [4.78, 5) is 10.8. The minimum absolute atomic E-state index is 0.543. The maximum Gasteiger partial charge on any atom is 0.316 e. The Morgan fingerprint density at radius 2 is 1.59 bits per heavy atom. The fourth-order valence-corrected chi connectivity index (χ4v) is 2.83. The zero-order chi connectivity index (χ0) is 19.2. The van der Waals surface area contributed by atoms with E-state index >= 15 is 0 Å². The number of anilines is 1. The Bertz CT molecular complexity index is 644. The van der Waals surface area contributed by atoms with Gasteiger partial charge in [-0.15, -0.1) is 0 Å². The largest absolute Gasteiger partial charge is 0.381 e. The van der Waals surface area contributed by atoms with Gasteiger partial charge in [0, 0.05) is 18.8 Å². The van der Waals surface area contributed by atoms with Gasteiger partial charge in [-0.2, -0.15) is 0 Å². The third-order valence-corrected chi connectivity index (χ3v) is 4.32. The maximum atomic E-state index is 10.8. The fourth-order valence-electron chi connectivity index (χ4n) is 2.83. The van der Waals surface area contributed by atoms with Crippen molar-refractivity contribution in [2.45, 2.75) is 38.6 Å². The highest BCUT2D eigenvalue weighted by molar-refractivity contribution is 5.87. The van der Waals surface area contributed by atoms with Crippen molar-refractivity contribution in [2.24, 2.45) is 5.73 Å². The standard InChI is InChI=1S/C22H31N3O2/c23-22(26)25-21-12-10-19(11-13-21)14-17-27-16-7-2-1-6-15-24-18-20-8-4-3-5-9-20/h3-5,8-13,24H,1-2,6-7,14-18H2,(H3,23,25,26). The number of carbonyl (C=O) groups excluding carboxylic acids is 1. The zero-order valence-electron chi connectivity index (χ0n) is 16.0. The molecule has 0 bridgehead atoms. The van der Waals surface area contributed by atoms with Gasteiger partial charge in [-0.25, -0.2) is 4.79 Å². The Hall–Kier alpha value is -2.37. The third kappa shape index (κ3) is 9.78. The molecule has 0 atom stereocenters. The smallest absolute Gasteiger partial charge is 0.316 e. The summed E-state index contributed by atoms with van der Waals surface area (Å²) in [6.45, 7) is 3.56. The van der Waals surface area contributed by atoms with Gasteiger partial charge < -0.3 is 21.1 Å². The molecule has 5 heteroatoms. The second kappa shape index (κ2) is 12.9. The first kappa shape index (κ1) is 20.9. The Morgan fingerprint density at radius 1 is 0.852 bits per heavy atom. The molecule has 0 aliphatic carbocycles. The van der Waals surface area contributed by atoms with Crippen molar-refractivity contribution < 1.29 is 9.53 Å². The van der Waals surface area contributed by atoms with Gasteiger partial charge >= 0.3 is 6.03 Å². The van der Waals surface area contributed by atoms with Gasteiger partial charge in [0.05, 0.1) is 6.61 Å². The lowest BCUT2D eigenvalue weighted by atomic mass is 10.1. The molecule has 146 valence electrons. The van der Waals surface area contributed by atoms with E-state index in [1.54, 1.807) is 0 Å². The molecule has 2 rings (SSSR count). The van der Waals surface area contributed by atoms with Crippen LogP contribution in [0.1, 0.15) is 36.8 Å². The van der Waals surface area contributed by atoms with Crippen LogP contribution in [0.25, 0.3) is 0 Å². The quantitative estimate of drug-likeness (QED) is 0.466. The lowest BCUT2D eigenvalue weighted by Gasteiger charge is -2.07. The van der Waals surface area contributed by atoms with Gasteiger partial charge in [0.25, 0.3) is 0 Å². The molecule has 2 aromatic rings. The van der Waals surface area contributed by atoms with E-state index in [9.17, 15) is 4.79 Å². The summed E-state index contributed by atoms with van der Waals surface area (Å²) in [5.74, 6) is 0. The number of hydrogen-bond donors (Lipinski definition) is 3. The second-order valence-electron chi connectivity index (χ2n) is 6.63. The molecule has 0 saturated heterocycles. The van der Waals surface area contributed by atoms with Crippen LogP contribution in [-0.2, 0) is 17.7 Å². The summed E-state index contributed by atoms with van der Waals surface area (Å²) in [6, 6.07) is 17.6. The number of primary amides is 1. The van der Waals surface area contributed by atoms with Gasteiger partial charge in [-0.1, -0.05) is 55.3 Å². The summed E-state index contributed by atoms with van der Waals surface area (Å²) >= 11 is 0. The van der Waals surface area contributed by atoms with Crippen LogP contribution in [0, 0.1) is 0 Å². The number of nitrogens with one attached hydrogen (secondary N) is 2. The van der Waals surface area contributed by atoms with Crippen molar-refractivity contribution in [3.8, 4) is 0 Å². The van der Waals surface area contributed by atoms with E-state index in [2.05, 4.69) is 34.9 Å². The van der Waals surface area contributed by atoms with E-state index in [4.69, 9.17) is 10.5 Å². The van der Waals surface area contributed by atoms with E-state index in [0.717, 1.165) is 39.1 Å². The van der Waals surface area contributed by atoms with Crippen molar-refractivity contribution in [1.29, 1.82) is 0 Å². The first-order chi connectivity index (χ1) is 13.2. The summed E-state index contributed by atoms with van der Waals surface area (Å²) in [5, 5.41) is 6.04. The van der Waals surface area contributed by atoms with Crippen LogP contribution in [0.5, 0.6) is 0 Å². The van der Waals surface area contributed by atoms with Gasteiger partial charge in [-0.3, -0.25) is 0 Å². The van der Waals surface area contributed by atoms with Crippen molar-refractivity contribution in [3.05, 3.63) is 65.7 Å². The highest BCUT2D eigenvalue weighted by Gasteiger charge is 1.98. The molecular weight excluding hydrogens is 338 g/mol. The summed E-state index contributed by atoms with van der Waals surface area (Å²) in [5.41, 5.74) is 8.33. The predicted molar refractivity (Wildman–Crippen MR) is 111 cm³/mol. The summed E-state index contributed by atoms with van der Waals surface area (Å²) in [7, 11) is 0. The van der Waals surface area contributed by atoms with E-state index in [0.29, 0.717) is 5.69 Å². The lowest BCUT2D eigenvalue weighted by Crippen LogP contribution is -2.19. The average molecular weight is 370 g/mol. The molecule has 5 nitrogen and oxygen atoms in total. The molecule has 2 amide bonds. The number of hydrogen-bond acceptors (Lipinski definition) is 3. The van der Waals surface area contributed by atoms with Gasteiger partial charge in [0.1, 0.15) is 0 Å². The Morgan fingerprint density at radius 3 is 2.33 bits per heavy atom. The molecule has 0 aliphatic rings. The minimum Gasteiger partial charge on any atom is -0.381 e. The van der Waals surface area contributed by atoms with Crippen LogP contribution in [0.2, 0.25) is 0 Å². The van der Waals surface area contributed by atoms with Crippen LogP contribution < -0.4 is 16.4 Å². The SMILES string of the molecule is NC(=O)Nc1ccc(CCOCCCCCCNCc2ccccc2)cc1. The highest BCUT2D eigenvalue weighted by atomic mass is 16.5. The fraction of sp³-hybridized carbons (Fsp3) is 0.409. The zero-order valence-corrected chi connectivity index (χ0v) is 16.0.